The molecule has 1 aromatic rings. The number of hydrogen-bond donors (Lipinski definition) is 1. The van der Waals surface area contributed by atoms with Gasteiger partial charge in [0.2, 0.25) is 0 Å². The highest BCUT2D eigenvalue weighted by Crippen LogP contribution is 2.23. The first kappa shape index (κ1) is 11.3. The van der Waals surface area contributed by atoms with E-state index in [1.807, 2.05) is 12.1 Å². The van der Waals surface area contributed by atoms with Crippen LogP contribution in [0.3, 0.4) is 0 Å². The molecule has 1 N–H and O–H groups in total. The van der Waals surface area contributed by atoms with Gasteiger partial charge >= 0.3 is 0 Å². The highest BCUT2D eigenvalue weighted by Gasteiger charge is 2.13. The molecule has 1 aromatic carbocycles. The van der Waals surface area contributed by atoms with Crippen molar-refractivity contribution in [3.8, 4) is 5.75 Å². The quantitative estimate of drug-likeness (QED) is 0.812. The summed E-state index contributed by atoms with van der Waals surface area (Å²) in [4.78, 5) is 0. The Bertz CT molecular complexity index is 301. The predicted octanol–water partition coefficient (Wildman–Crippen LogP) is 3.83. The van der Waals surface area contributed by atoms with E-state index in [2.05, 4.69) is 24.4 Å². The smallest absolute Gasteiger partial charge is 0.119 e. The van der Waals surface area contributed by atoms with Crippen LogP contribution in [0.1, 0.15) is 39.0 Å². The molecule has 0 unspecified atom stereocenters. The van der Waals surface area contributed by atoms with E-state index in [-0.39, 0.29) is 0 Å². The summed E-state index contributed by atoms with van der Waals surface area (Å²) in [6.45, 7) is 2.92. The number of rotatable bonds is 5. The van der Waals surface area contributed by atoms with Gasteiger partial charge in [-0.15, -0.1) is 0 Å². The van der Waals surface area contributed by atoms with E-state index in [1.165, 1.54) is 31.4 Å². The summed E-state index contributed by atoms with van der Waals surface area (Å²) in [6, 6.07) is 9.01. The molecule has 0 aromatic heterocycles. The molecule has 2 heteroatoms. The van der Waals surface area contributed by atoms with Gasteiger partial charge in [0, 0.05) is 11.7 Å². The maximum atomic E-state index is 5.55. The second-order valence-corrected chi connectivity index (χ2v) is 4.50. The molecule has 1 fully saturated rings. The maximum Gasteiger partial charge on any atom is 0.119 e. The first-order valence-electron chi connectivity index (χ1n) is 6.38. The SMILES string of the molecule is CCCOc1ccc(NC2CCCC2)cc1. The highest BCUT2D eigenvalue weighted by molar-refractivity contribution is 5.47. The van der Waals surface area contributed by atoms with E-state index in [1.54, 1.807) is 0 Å². The van der Waals surface area contributed by atoms with E-state index in [9.17, 15) is 0 Å². The Balaban J connectivity index is 1.86. The van der Waals surface area contributed by atoms with Crippen LogP contribution in [-0.4, -0.2) is 12.6 Å². The van der Waals surface area contributed by atoms with Crippen LogP contribution in [0.2, 0.25) is 0 Å². The molecule has 0 saturated heterocycles. The zero-order chi connectivity index (χ0) is 11.2. The average Bonchev–Trinajstić information content (AvgIpc) is 2.81. The van der Waals surface area contributed by atoms with Crippen molar-refractivity contribution in [2.45, 2.75) is 45.1 Å². The van der Waals surface area contributed by atoms with Crippen LogP contribution >= 0.6 is 0 Å². The minimum absolute atomic E-state index is 0.683. The normalized spacial score (nSPS) is 16.3. The molecule has 2 nitrogen and oxygen atoms in total. The van der Waals surface area contributed by atoms with Gasteiger partial charge in [0.05, 0.1) is 6.61 Å². The van der Waals surface area contributed by atoms with Crippen molar-refractivity contribution in [3.05, 3.63) is 24.3 Å². The largest absolute Gasteiger partial charge is 0.494 e. The van der Waals surface area contributed by atoms with Gasteiger partial charge in [-0.3, -0.25) is 0 Å². The summed E-state index contributed by atoms with van der Waals surface area (Å²) in [6.07, 6.45) is 6.43. The molecular formula is C14H21NO. The molecule has 16 heavy (non-hydrogen) atoms. The fourth-order valence-corrected chi connectivity index (χ4v) is 2.17. The second kappa shape index (κ2) is 5.78. The topological polar surface area (TPSA) is 21.3 Å². The van der Waals surface area contributed by atoms with Crippen LogP contribution in [0, 0.1) is 0 Å². The Morgan fingerprint density at radius 3 is 2.50 bits per heavy atom. The van der Waals surface area contributed by atoms with Crippen LogP contribution in [0.25, 0.3) is 0 Å². The van der Waals surface area contributed by atoms with Gasteiger partial charge in [0.15, 0.2) is 0 Å². The van der Waals surface area contributed by atoms with Gasteiger partial charge in [0.25, 0.3) is 0 Å². The van der Waals surface area contributed by atoms with Gasteiger partial charge in [-0.05, 0) is 43.5 Å². The van der Waals surface area contributed by atoms with E-state index >= 15 is 0 Å². The molecule has 0 radical (unpaired) electrons. The number of benzene rings is 1. The van der Waals surface area contributed by atoms with Gasteiger partial charge in [-0.2, -0.15) is 0 Å². The van der Waals surface area contributed by atoms with Gasteiger partial charge < -0.3 is 10.1 Å². The standard InChI is InChI=1S/C14H21NO/c1-2-11-16-14-9-7-13(8-10-14)15-12-5-3-4-6-12/h7-10,12,15H,2-6,11H2,1H3. The summed E-state index contributed by atoms with van der Waals surface area (Å²) >= 11 is 0. The second-order valence-electron chi connectivity index (χ2n) is 4.50. The maximum absolute atomic E-state index is 5.55. The van der Waals surface area contributed by atoms with Gasteiger partial charge in [-0.1, -0.05) is 19.8 Å². The van der Waals surface area contributed by atoms with Gasteiger partial charge in [-0.25, -0.2) is 0 Å². The van der Waals surface area contributed by atoms with Crippen LogP contribution in [-0.2, 0) is 0 Å². The fourth-order valence-electron chi connectivity index (χ4n) is 2.17. The molecule has 0 spiro atoms. The van der Waals surface area contributed by atoms with Crippen LogP contribution in [0.5, 0.6) is 5.75 Å². The molecular weight excluding hydrogens is 198 g/mol. The molecule has 0 bridgehead atoms. The third-order valence-electron chi connectivity index (χ3n) is 3.05. The van der Waals surface area contributed by atoms with Crippen molar-refractivity contribution >= 4 is 5.69 Å². The number of ether oxygens (including phenoxy) is 1. The summed E-state index contributed by atoms with van der Waals surface area (Å²) < 4.78 is 5.55. The molecule has 1 aliphatic rings. The number of anilines is 1. The summed E-state index contributed by atoms with van der Waals surface area (Å²) in [5, 5.41) is 3.57. The molecule has 0 aliphatic heterocycles. The summed E-state index contributed by atoms with van der Waals surface area (Å²) in [5.74, 6) is 0.971. The van der Waals surface area contributed by atoms with Crippen molar-refractivity contribution in [1.29, 1.82) is 0 Å². The molecule has 0 amide bonds. The highest BCUT2D eigenvalue weighted by atomic mass is 16.5. The molecule has 1 saturated carbocycles. The van der Waals surface area contributed by atoms with E-state index in [0.717, 1.165) is 18.8 Å². The van der Waals surface area contributed by atoms with Crippen LogP contribution in [0.15, 0.2) is 24.3 Å². The zero-order valence-electron chi connectivity index (χ0n) is 10.0. The lowest BCUT2D eigenvalue weighted by atomic mass is 10.2. The third kappa shape index (κ3) is 3.16. The fraction of sp³-hybridized carbons (Fsp3) is 0.571. The monoisotopic (exact) mass is 219 g/mol. The Morgan fingerprint density at radius 1 is 1.19 bits per heavy atom. The Morgan fingerprint density at radius 2 is 1.88 bits per heavy atom. The predicted molar refractivity (Wildman–Crippen MR) is 68.1 cm³/mol. The molecule has 88 valence electrons. The number of nitrogens with one attached hydrogen (secondary N) is 1. The third-order valence-corrected chi connectivity index (χ3v) is 3.05. The molecule has 1 aliphatic carbocycles. The summed E-state index contributed by atoms with van der Waals surface area (Å²) in [7, 11) is 0. The van der Waals surface area contributed by atoms with Crippen molar-refractivity contribution in [2.24, 2.45) is 0 Å². The molecule has 0 atom stereocenters. The first-order chi connectivity index (χ1) is 7.88. The first-order valence-corrected chi connectivity index (χ1v) is 6.38. The minimum Gasteiger partial charge on any atom is -0.494 e. The average molecular weight is 219 g/mol. The Labute approximate surface area is 98.0 Å². The number of hydrogen-bond acceptors (Lipinski definition) is 2. The van der Waals surface area contributed by atoms with Crippen molar-refractivity contribution in [3.63, 3.8) is 0 Å². The Hall–Kier alpha value is -1.18. The van der Waals surface area contributed by atoms with Crippen LogP contribution in [0.4, 0.5) is 5.69 Å². The van der Waals surface area contributed by atoms with E-state index in [0.29, 0.717) is 6.04 Å². The van der Waals surface area contributed by atoms with Gasteiger partial charge in [0.1, 0.15) is 5.75 Å². The minimum atomic E-state index is 0.683. The van der Waals surface area contributed by atoms with Crippen molar-refractivity contribution < 1.29 is 4.74 Å². The van der Waals surface area contributed by atoms with E-state index in [4.69, 9.17) is 4.74 Å². The Kier molecular flexibility index (Phi) is 4.09. The molecule has 0 heterocycles. The molecule has 2 rings (SSSR count). The lowest BCUT2D eigenvalue weighted by molar-refractivity contribution is 0.317. The summed E-state index contributed by atoms with van der Waals surface area (Å²) in [5.41, 5.74) is 1.22. The lowest BCUT2D eigenvalue weighted by Gasteiger charge is -2.13. The zero-order valence-corrected chi connectivity index (χ0v) is 10.0. The van der Waals surface area contributed by atoms with Crippen molar-refractivity contribution in [2.75, 3.05) is 11.9 Å². The van der Waals surface area contributed by atoms with Crippen LogP contribution < -0.4 is 10.1 Å². The van der Waals surface area contributed by atoms with Crippen molar-refractivity contribution in [1.82, 2.24) is 0 Å². The van der Waals surface area contributed by atoms with E-state index < -0.39 is 0 Å². The lowest BCUT2D eigenvalue weighted by Crippen LogP contribution is -2.14.